The number of nitrogens with one attached hydrogen (secondary N) is 5. The Morgan fingerprint density at radius 3 is 2.00 bits per heavy atom. The van der Waals surface area contributed by atoms with Gasteiger partial charge in [0, 0.05) is 31.0 Å². The molecule has 0 saturated heterocycles. The van der Waals surface area contributed by atoms with Gasteiger partial charge in [-0.05, 0) is 28.6 Å². The zero-order chi connectivity index (χ0) is 15.2. The number of hydrogen-bond donors (Lipinski definition) is 5. The summed E-state index contributed by atoms with van der Waals surface area (Å²) in [6.07, 6.45) is 0. The molecule has 0 radical (unpaired) electrons. The minimum absolute atomic E-state index is 0.381. The van der Waals surface area contributed by atoms with Crippen molar-refractivity contribution >= 4 is 23.4 Å². The standard InChI is InChI=1S/C11H14N8O2/c1-12-10(20)14-7-3-6(9-16-18-19-17-9)4-8(5-7)15-11(21)13-2/h3-5H,1-2H3,(H2,12,14,20)(H2,13,15,21)(H,16,17,18,19). The molecule has 4 amide bonds. The van der Waals surface area contributed by atoms with Crippen molar-refractivity contribution < 1.29 is 9.59 Å². The topological polar surface area (TPSA) is 137 Å². The molecule has 21 heavy (non-hydrogen) atoms. The summed E-state index contributed by atoms with van der Waals surface area (Å²) < 4.78 is 0. The summed E-state index contributed by atoms with van der Waals surface area (Å²) in [5, 5.41) is 23.5. The van der Waals surface area contributed by atoms with Crippen molar-refractivity contribution in [1.82, 2.24) is 31.3 Å². The molecule has 0 atom stereocenters. The monoisotopic (exact) mass is 290 g/mol. The van der Waals surface area contributed by atoms with Gasteiger partial charge in [-0.3, -0.25) is 0 Å². The number of nitrogens with zero attached hydrogens (tertiary/aromatic N) is 3. The Hall–Kier alpha value is -3.17. The normalized spacial score (nSPS) is 9.81. The van der Waals surface area contributed by atoms with Gasteiger partial charge in [0.25, 0.3) is 0 Å². The number of amides is 4. The third-order valence-electron chi connectivity index (χ3n) is 2.52. The highest BCUT2D eigenvalue weighted by Crippen LogP contribution is 2.24. The molecule has 0 aliphatic heterocycles. The molecule has 0 aliphatic rings. The van der Waals surface area contributed by atoms with E-state index >= 15 is 0 Å². The van der Waals surface area contributed by atoms with Crippen LogP contribution in [0.15, 0.2) is 18.2 Å². The zero-order valence-electron chi connectivity index (χ0n) is 11.4. The first-order valence-corrected chi connectivity index (χ1v) is 5.99. The van der Waals surface area contributed by atoms with Gasteiger partial charge in [0.2, 0.25) is 0 Å². The average Bonchev–Trinajstić information content (AvgIpc) is 3.01. The summed E-state index contributed by atoms with van der Waals surface area (Å²) >= 11 is 0. The van der Waals surface area contributed by atoms with E-state index in [-0.39, 0.29) is 12.1 Å². The van der Waals surface area contributed by atoms with E-state index in [1.807, 2.05) is 0 Å². The Bertz CT molecular complexity index is 603. The van der Waals surface area contributed by atoms with Crippen molar-refractivity contribution in [3.63, 3.8) is 0 Å². The fourth-order valence-electron chi connectivity index (χ4n) is 1.58. The summed E-state index contributed by atoms with van der Waals surface area (Å²) in [5.41, 5.74) is 1.57. The van der Waals surface area contributed by atoms with Gasteiger partial charge in [0.1, 0.15) is 0 Å². The number of H-pyrrole nitrogens is 1. The Kier molecular flexibility index (Phi) is 4.29. The number of anilines is 2. The number of hydrogen-bond acceptors (Lipinski definition) is 5. The second kappa shape index (κ2) is 6.32. The van der Waals surface area contributed by atoms with E-state index in [0.29, 0.717) is 22.8 Å². The second-order valence-electron chi connectivity index (χ2n) is 3.96. The lowest BCUT2D eigenvalue weighted by atomic mass is 10.1. The molecule has 0 bridgehead atoms. The van der Waals surface area contributed by atoms with Crippen molar-refractivity contribution in [1.29, 1.82) is 0 Å². The maximum Gasteiger partial charge on any atom is 0.318 e. The molecule has 0 spiro atoms. The Morgan fingerprint density at radius 1 is 1.00 bits per heavy atom. The minimum Gasteiger partial charge on any atom is -0.341 e. The number of urea groups is 2. The van der Waals surface area contributed by atoms with Gasteiger partial charge in [-0.15, -0.1) is 5.10 Å². The van der Waals surface area contributed by atoms with Crippen molar-refractivity contribution in [3.8, 4) is 11.4 Å². The van der Waals surface area contributed by atoms with E-state index in [0.717, 1.165) is 0 Å². The molecule has 1 aromatic carbocycles. The highest BCUT2D eigenvalue weighted by atomic mass is 16.2. The van der Waals surface area contributed by atoms with Gasteiger partial charge in [-0.2, -0.15) is 0 Å². The highest BCUT2D eigenvalue weighted by Gasteiger charge is 2.09. The lowest BCUT2D eigenvalue weighted by Crippen LogP contribution is -2.25. The maximum absolute atomic E-state index is 11.4. The molecule has 1 heterocycles. The van der Waals surface area contributed by atoms with Gasteiger partial charge < -0.3 is 21.3 Å². The van der Waals surface area contributed by atoms with Crippen LogP contribution in [0.1, 0.15) is 0 Å². The first-order chi connectivity index (χ1) is 10.1. The summed E-state index contributed by atoms with van der Waals surface area (Å²) in [6.45, 7) is 0. The molecule has 5 N–H and O–H groups in total. The molecule has 2 rings (SSSR count). The number of carbonyl (C=O) groups excluding carboxylic acids is 2. The Balaban J connectivity index is 2.36. The number of rotatable bonds is 3. The van der Waals surface area contributed by atoms with Crippen LogP contribution in [0.2, 0.25) is 0 Å². The molecular formula is C11H14N8O2. The van der Waals surface area contributed by atoms with E-state index in [2.05, 4.69) is 41.9 Å². The van der Waals surface area contributed by atoms with E-state index in [9.17, 15) is 9.59 Å². The molecule has 0 fully saturated rings. The number of benzene rings is 1. The molecular weight excluding hydrogens is 276 g/mol. The van der Waals surface area contributed by atoms with Crippen molar-refractivity contribution in [3.05, 3.63) is 18.2 Å². The van der Waals surface area contributed by atoms with Crippen LogP contribution in [-0.2, 0) is 0 Å². The molecule has 10 nitrogen and oxygen atoms in total. The molecule has 2 aromatic rings. The van der Waals surface area contributed by atoms with Crippen LogP contribution >= 0.6 is 0 Å². The van der Waals surface area contributed by atoms with Crippen LogP contribution in [0.4, 0.5) is 21.0 Å². The molecule has 10 heteroatoms. The number of aromatic amines is 1. The first-order valence-electron chi connectivity index (χ1n) is 5.99. The van der Waals surface area contributed by atoms with E-state index < -0.39 is 0 Å². The van der Waals surface area contributed by atoms with Crippen LogP contribution in [0.3, 0.4) is 0 Å². The lowest BCUT2D eigenvalue weighted by Gasteiger charge is -2.10. The quantitative estimate of drug-likeness (QED) is 0.556. The summed E-state index contributed by atoms with van der Waals surface area (Å²) in [6, 6.07) is 4.19. The van der Waals surface area contributed by atoms with E-state index in [1.54, 1.807) is 18.2 Å². The van der Waals surface area contributed by atoms with Crippen molar-refractivity contribution in [2.45, 2.75) is 0 Å². The maximum atomic E-state index is 11.4. The van der Waals surface area contributed by atoms with Gasteiger partial charge >= 0.3 is 12.1 Å². The fourth-order valence-corrected chi connectivity index (χ4v) is 1.58. The minimum atomic E-state index is -0.381. The van der Waals surface area contributed by atoms with Crippen LogP contribution in [0, 0.1) is 0 Å². The third kappa shape index (κ3) is 3.65. The summed E-state index contributed by atoms with van der Waals surface area (Å²) in [5.74, 6) is 0.413. The number of tetrazole rings is 1. The largest absolute Gasteiger partial charge is 0.341 e. The van der Waals surface area contributed by atoms with Crippen molar-refractivity contribution in [2.24, 2.45) is 0 Å². The van der Waals surface area contributed by atoms with Gasteiger partial charge in [-0.1, -0.05) is 0 Å². The number of aromatic nitrogens is 4. The van der Waals surface area contributed by atoms with E-state index in [4.69, 9.17) is 0 Å². The van der Waals surface area contributed by atoms with Gasteiger partial charge in [-0.25, -0.2) is 14.7 Å². The third-order valence-corrected chi connectivity index (χ3v) is 2.52. The fraction of sp³-hybridized carbons (Fsp3) is 0.182. The molecule has 0 unspecified atom stereocenters. The molecule has 110 valence electrons. The Labute approximate surface area is 119 Å². The van der Waals surface area contributed by atoms with Crippen molar-refractivity contribution in [2.75, 3.05) is 24.7 Å². The zero-order valence-corrected chi connectivity index (χ0v) is 11.4. The van der Waals surface area contributed by atoms with Gasteiger partial charge in [0.15, 0.2) is 5.82 Å². The van der Waals surface area contributed by atoms with Crippen LogP contribution in [0.5, 0.6) is 0 Å². The predicted octanol–water partition coefficient (Wildman–Crippen LogP) is 0.369. The summed E-state index contributed by atoms with van der Waals surface area (Å²) in [7, 11) is 3.01. The van der Waals surface area contributed by atoms with Gasteiger partial charge in [0.05, 0.1) is 0 Å². The lowest BCUT2D eigenvalue weighted by molar-refractivity contribution is 0.253. The van der Waals surface area contributed by atoms with Crippen LogP contribution in [-0.4, -0.2) is 46.8 Å². The predicted molar refractivity (Wildman–Crippen MR) is 75.8 cm³/mol. The second-order valence-corrected chi connectivity index (χ2v) is 3.96. The average molecular weight is 290 g/mol. The molecule has 0 saturated carbocycles. The molecule has 0 aliphatic carbocycles. The smallest absolute Gasteiger partial charge is 0.318 e. The Morgan fingerprint density at radius 2 is 1.57 bits per heavy atom. The SMILES string of the molecule is CNC(=O)Nc1cc(NC(=O)NC)cc(-c2nnn[nH]2)c1. The first kappa shape index (κ1) is 14.2. The highest BCUT2D eigenvalue weighted by molar-refractivity contribution is 5.94. The number of carbonyl (C=O) groups is 2. The molecule has 1 aromatic heterocycles. The van der Waals surface area contributed by atoms with Crippen LogP contribution in [0.25, 0.3) is 11.4 Å². The van der Waals surface area contributed by atoms with E-state index in [1.165, 1.54) is 14.1 Å². The van der Waals surface area contributed by atoms with Crippen LogP contribution < -0.4 is 21.3 Å². The summed E-state index contributed by atoms with van der Waals surface area (Å²) in [4.78, 5) is 22.8.